The van der Waals surface area contributed by atoms with Gasteiger partial charge in [-0.05, 0) is 69.5 Å². The summed E-state index contributed by atoms with van der Waals surface area (Å²) in [6.45, 7) is 9.82. The summed E-state index contributed by atoms with van der Waals surface area (Å²) in [5.41, 5.74) is 4.37. The molecule has 2 heterocycles. The smallest absolute Gasteiger partial charge is 0.227 e. The molecule has 0 atom stereocenters. The summed E-state index contributed by atoms with van der Waals surface area (Å²) in [7, 11) is 0. The number of hydrogen-bond donors (Lipinski definition) is 1. The van der Waals surface area contributed by atoms with E-state index in [9.17, 15) is 0 Å². The highest BCUT2D eigenvalue weighted by Gasteiger charge is 2.15. The summed E-state index contributed by atoms with van der Waals surface area (Å²) in [4.78, 5) is 11.4. The molecular formula is C19H26N4. The first-order chi connectivity index (χ1) is 11.1. The quantitative estimate of drug-likeness (QED) is 0.924. The number of likely N-dealkylation sites (tertiary alicyclic amines) is 1. The minimum Gasteiger partial charge on any atom is -0.324 e. The first-order valence-corrected chi connectivity index (χ1v) is 8.49. The zero-order valence-corrected chi connectivity index (χ0v) is 14.3. The summed E-state index contributed by atoms with van der Waals surface area (Å²) >= 11 is 0. The zero-order valence-electron chi connectivity index (χ0n) is 14.3. The Labute approximate surface area is 139 Å². The van der Waals surface area contributed by atoms with E-state index in [-0.39, 0.29) is 0 Å². The van der Waals surface area contributed by atoms with Crippen molar-refractivity contribution < 1.29 is 0 Å². The monoisotopic (exact) mass is 310 g/mol. The summed E-state index contributed by atoms with van der Waals surface area (Å²) in [5.74, 6) is 1.55. The Morgan fingerprint density at radius 1 is 1.04 bits per heavy atom. The number of aromatic nitrogens is 2. The highest BCUT2D eigenvalue weighted by Crippen LogP contribution is 2.20. The van der Waals surface area contributed by atoms with E-state index in [2.05, 4.69) is 51.4 Å². The zero-order chi connectivity index (χ0) is 16.2. The van der Waals surface area contributed by atoms with Crippen LogP contribution in [0.1, 0.15) is 36.7 Å². The van der Waals surface area contributed by atoms with E-state index in [1.807, 2.05) is 19.9 Å². The molecular weight excluding hydrogens is 284 g/mol. The van der Waals surface area contributed by atoms with Gasteiger partial charge >= 0.3 is 0 Å². The fraction of sp³-hybridized carbons (Fsp3) is 0.474. The molecule has 0 saturated carbocycles. The van der Waals surface area contributed by atoms with E-state index in [0.29, 0.717) is 5.95 Å². The largest absolute Gasteiger partial charge is 0.324 e. The van der Waals surface area contributed by atoms with E-state index in [1.54, 1.807) is 0 Å². The van der Waals surface area contributed by atoms with E-state index in [0.717, 1.165) is 29.5 Å². The van der Waals surface area contributed by atoms with Gasteiger partial charge in [0.05, 0.1) is 0 Å². The maximum atomic E-state index is 4.42. The van der Waals surface area contributed by atoms with Crippen molar-refractivity contribution >= 4 is 11.6 Å². The van der Waals surface area contributed by atoms with Gasteiger partial charge in [-0.2, -0.15) is 0 Å². The van der Waals surface area contributed by atoms with E-state index < -0.39 is 0 Å². The fourth-order valence-corrected chi connectivity index (χ4v) is 3.08. The molecule has 122 valence electrons. The molecule has 1 saturated heterocycles. The summed E-state index contributed by atoms with van der Waals surface area (Å²) in [6, 6.07) is 10.6. The number of piperidine rings is 1. The van der Waals surface area contributed by atoms with Gasteiger partial charge < -0.3 is 5.32 Å². The SMILES string of the molecule is Cc1cc(C)nc(Nc2ccc(CN3CCC(C)CC3)cc2)n1. The molecule has 1 aliphatic rings. The second kappa shape index (κ2) is 7.09. The molecule has 3 rings (SSSR count). The van der Waals surface area contributed by atoms with E-state index >= 15 is 0 Å². The molecule has 1 N–H and O–H groups in total. The lowest BCUT2D eigenvalue weighted by Crippen LogP contribution is -2.32. The number of benzene rings is 1. The van der Waals surface area contributed by atoms with E-state index in [1.165, 1.54) is 31.5 Å². The normalized spacial score (nSPS) is 16.5. The molecule has 1 aliphatic heterocycles. The fourth-order valence-electron chi connectivity index (χ4n) is 3.08. The van der Waals surface area contributed by atoms with Crippen LogP contribution in [0.2, 0.25) is 0 Å². The Bertz CT molecular complexity index is 623. The molecule has 2 aromatic rings. The van der Waals surface area contributed by atoms with Gasteiger partial charge in [0.15, 0.2) is 0 Å². The van der Waals surface area contributed by atoms with Gasteiger partial charge in [0.2, 0.25) is 5.95 Å². The van der Waals surface area contributed by atoms with Crippen LogP contribution in [-0.4, -0.2) is 28.0 Å². The highest BCUT2D eigenvalue weighted by molar-refractivity contribution is 5.53. The Morgan fingerprint density at radius 2 is 1.65 bits per heavy atom. The third-order valence-electron chi connectivity index (χ3n) is 4.47. The van der Waals surface area contributed by atoms with Crippen molar-refractivity contribution in [3.05, 3.63) is 47.3 Å². The first-order valence-electron chi connectivity index (χ1n) is 8.49. The number of anilines is 2. The number of hydrogen-bond acceptors (Lipinski definition) is 4. The van der Waals surface area contributed by atoms with Crippen molar-refractivity contribution in [1.29, 1.82) is 0 Å². The maximum absolute atomic E-state index is 4.42. The van der Waals surface area contributed by atoms with Gasteiger partial charge in [-0.1, -0.05) is 19.1 Å². The number of nitrogens with zero attached hydrogens (tertiary/aromatic N) is 3. The molecule has 0 unspecified atom stereocenters. The summed E-state index contributed by atoms with van der Waals surface area (Å²) in [5, 5.41) is 3.29. The molecule has 0 bridgehead atoms. The van der Waals surface area contributed by atoms with Crippen molar-refractivity contribution in [1.82, 2.24) is 14.9 Å². The van der Waals surface area contributed by atoms with Crippen LogP contribution >= 0.6 is 0 Å². The Kier molecular flexibility index (Phi) is 4.91. The van der Waals surface area contributed by atoms with Crippen molar-refractivity contribution in [3.63, 3.8) is 0 Å². The van der Waals surface area contributed by atoms with Crippen LogP contribution in [0.15, 0.2) is 30.3 Å². The first kappa shape index (κ1) is 15.9. The van der Waals surface area contributed by atoms with Crippen LogP contribution in [0.3, 0.4) is 0 Å². The average Bonchev–Trinajstić information content (AvgIpc) is 2.50. The predicted molar refractivity (Wildman–Crippen MR) is 94.9 cm³/mol. The molecule has 4 nitrogen and oxygen atoms in total. The van der Waals surface area contributed by atoms with Crippen LogP contribution in [0, 0.1) is 19.8 Å². The lowest BCUT2D eigenvalue weighted by Gasteiger charge is -2.30. The van der Waals surface area contributed by atoms with Crippen LogP contribution in [0.4, 0.5) is 11.6 Å². The van der Waals surface area contributed by atoms with Gasteiger partial charge in [-0.3, -0.25) is 4.90 Å². The minimum absolute atomic E-state index is 0.667. The molecule has 4 heteroatoms. The average molecular weight is 310 g/mol. The second-order valence-corrected chi connectivity index (χ2v) is 6.75. The lowest BCUT2D eigenvalue weighted by molar-refractivity contribution is 0.185. The minimum atomic E-state index is 0.667. The summed E-state index contributed by atoms with van der Waals surface area (Å²) < 4.78 is 0. The standard InChI is InChI=1S/C19H26N4/c1-14-8-10-23(11-9-14)13-17-4-6-18(7-5-17)22-19-20-15(2)12-16(3)21-19/h4-7,12,14H,8-11,13H2,1-3H3,(H,20,21,22). The van der Waals surface area contributed by atoms with Gasteiger partial charge in [0.25, 0.3) is 0 Å². The third-order valence-corrected chi connectivity index (χ3v) is 4.47. The Balaban J connectivity index is 1.60. The molecule has 0 aliphatic carbocycles. The Hall–Kier alpha value is -1.94. The van der Waals surface area contributed by atoms with Crippen LogP contribution < -0.4 is 5.32 Å². The van der Waals surface area contributed by atoms with Gasteiger partial charge in [-0.25, -0.2) is 9.97 Å². The number of rotatable bonds is 4. The number of aryl methyl sites for hydroxylation is 2. The number of nitrogens with one attached hydrogen (secondary N) is 1. The van der Waals surface area contributed by atoms with Gasteiger partial charge in [-0.15, -0.1) is 0 Å². The third kappa shape index (κ3) is 4.52. The van der Waals surface area contributed by atoms with Gasteiger partial charge in [0, 0.05) is 23.6 Å². The van der Waals surface area contributed by atoms with Crippen LogP contribution in [0.25, 0.3) is 0 Å². The van der Waals surface area contributed by atoms with Crippen molar-refractivity contribution in [3.8, 4) is 0 Å². The molecule has 0 spiro atoms. The van der Waals surface area contributed by atoms with Crippen molar-refractivity contribution in [2.45, 2.75) is 40.2 Å². The lowest BCUT2D eigenvalue weighted by atomic mass is 9.99. The van der Waals surface area contributed by atoms with Gasteiger partial charge in [0.1, 0.15) is 0 Å². The molecule has 1 aromatic carbocycles. The molecule has 0 amide bonds. The second-order valence-electron chi connectivity index (χ2n) is 6.75. The van der Waals surface area contributed by atoms with Crippen LogP contribution in [0.5, 0.6) is 0 Å². The molecule has 1 aromatic heterocycles. The van der Waals surface area contributed by atoms with E-state index in [4.69, 9.17) is 0 Å². The predicted octanol–water partition coefficient (Wildman–Crippen LogP) is 4.07. The highest BCUT2D eigenvalue weighted by atomic mass is 15.1. The molecule has 1 fully saturated rings. The molecule has 23 heavy (non-hydrogen) atoms. The van der Waals surface area contributed by atoms with Crippen LogP contribution in [-0.2, 0) is 6.54 Å². The maximum Gasteiger partial charge on any atom is 0.227 e. The van der Waals surface area contributed by atoms with Crippen molar-refractivity contribution in [2.24, 2.45) is 5.92 Å². The molecule has 0 radical (unpaired) electrons. The topological polar surface area (TPSA) is 41.1 Å². The Morgan fingerprint density at radius 3 is 2.26 bits per heavy atom. The summed E-state index contributed by atoms with van der Waals surface area (Å²) in [6.07, 6.45) is 2.65. The van der Waals surface area contributed by atoms with Crippen molar-refractivity contribution in [2.75, 3.05) is 18.4 Å².